The number of aliphatic hydroxyl groups is 1. The summed E-state index contributed by atoms with van der Waals surface area (Å²) in [6.45, 7) is 8.54. The van der Waals surface area contributed by atoms with Crippen LogP contribution in [-0.2, 0) is 52.7 Å². The lowest BCUT2D eigenvalue weighted by molar-refractivity contribution is -0.144. The van der Waals surface area contributed by atoms with Crippen LogP contribution in [0.15, 0.2) is 0 Å². The molecule has 0 aromatic heterocycles. The summed E-state index contributed by atoms with van der Waals surface area (Å²) in [6, 6.07) is -9.94. The average molecular weight is 910 g/mol. The normalized spacial score (nSPS) is 19.7. The molecule has 2 rings (SSSR count). The number of carbonyl (C=O) groups is 11. The van der Waals surface area contributed by atoms with Gasteiger partial charge in [0.1, 0.15) is 42.3 Å². The first-order chi connectivity index (χ1) is 29.9. The summed E-state index contributed by atoms with van der Waals surface area (Å²) in [5.74, 6) is -10.8. The topological polar surface area (TPSA) is 385 Å². The molecule has 2 aliphatic heterocycles. The monoisotopic (exact) mass is 909 g/mol. The van der Waals surface area contributed by atoms with Gasteiger partial charge in [0.15, 0.2) is 0 Å². The number of nitrogens with zero attached hydrogens (tertiary/aromatic N) is 2. The summed E-state index contributed by atoms with van der Waals surface area (Å²) >= 11 is 0. The summed E-state index contributed by atoms with van der Waals surface area (Å²) in [5, 5.41) is 34.5. The van der Waals surface area contributed by atoms with Gasteiger partial charge in [0.2, 0.25) is 59.1 Å². The molecule has 24 heteroatoms. The van der Waals surface area contributed by atoms with E-state index >= 15 is 0 Å². The molecular formula is C40H67N11O13. The molecule has 0 aromatic carbocycles. The van der Waals surface area contributed by atoms with E-state index in [9.17, 15) is 63.0 Å². The van der Waals surface area contributed by atoms with E-state index in [1.54, 1.807) is 27.7 Å². The van der Waals surface area contributed by atoms with Crippen LogP contribution in [0, 0.1) is 17.8 Å². The first-order valence-electron chi connectivity index (χ1n) is 21.5. The van der Waals surface area contributed by atoms with Crippen LogP contribution in [0.1, 0.15) is 92.9 Å². The Morgan fingerprint density at radius 1 is 0.672 bits per heavy atom. The maximum Gasteiger partial charge on any atom is 0.308 e. The Bertz CT molecular complexity index is 1750. The number of amides is 10. The third kappa shape index (κ3) is 15.7. The second kappa shape index (κ2) is 25.4. The molecule has 2 fully saturated rings. The van der Waals surface area contributed by atoms with Gasteiger partial charge < -0.3 is 69.1 Å². The molecule has 0 spiro atoms. The van der Waals surface area contributed by atoms with Crippen molar-refractivity contribution in [3.8, 4) is 0 Å². The van der Waals surface area contributed by atoms with Gasteiger partial charge in [0, 0.05) is 26.1 Å². The Labute approximate surface area is 371 Å². The van der Waals surface area contributed by atoms with Crippen LogP contribution in [-0.4, -0.2) is 160 Å². The lowest BCUT2D eigenvalue weighted by atomic mass is 9.96. The van der Waals surface area contributed by atoms with Gasteiger partial charge in [-0.3, -0.25) is 52.7 Å². The molecule has 0 bridgehead atoms. The summed E-state index contributed by atoms with van der Waals surface area (Å²) < 4.78 is 0. The Kier molecular flexibility index (Phi) is 21.5. The number of rotatable bonds is 25. The maximum absolute atomic E-state index is 14.2. The largest absolute Gasteiger partial charge is 0.481 e. The standard InChI is InChI=1S/C40H67N11O13/c1-7-20(4)31(39(62)51-15-9-10-26(51)35(58)46-24(12-13-28(42)53)33(56)44-17-21(5)40(63)64)49-34(57)25(18-52)47-37(60)30(19(2)3)48-36(59)27-11-8-14-50(27)38(61)22(6)45-32(55)23(41)16-29(43)54/h19-27,30-31,52H,7-18,41H2,1-6H3,(H2,42,53)(H2,43,54)(H,44,56)(H,45,55)(H,46,58)(H,47,60)(H,48,59)(H,49,57)(H,63,64)/t20-,21?,22-,23-,24-,25-,26-,27-,30-,31-/m0/s1. The zero-order valence-electron chi connectivity index (χ0n) is 37.3. The van der Waals surface area contributed by atoms with Gasteiger partial charge in [0.05, 0.1) is 25.0 Å². The van der Waals surface area contributed by atoms with Crippen LogP contribution in [0.2, 0.25) is 0 Å². The Hall–Kier alpha value is -5.91. The summed E-state index contributed by atoms with van der Waals surface area (Å²) in [7, 11) is 0. The Morgan fingerprint density at radius 2 is 1.23 bits per heavy atom. The molecule has 0 saturated carbocycles. The Balaban J connectivity index is 2.18. The number of likely N-dealkylation sites (tertiary alicyclic amines) is 2. The highest BCUT2D eigenvalue weighted by atomic mass is 16.4. The fraction of sp³-hybridized carbons (Fsp3) is 0.725. The second-order valence-corrected chi connectivity index (χ2v) is 16.8. The minimum atomic E-state index is -1.61. The highest BCUT2D eigenvalue weighted by Gasteiger charge is 2.42. The number of aliphatic hydroxyl groups excluding tert-OH is 1. The zero-order valence-corrected chi connectivity index (χ0v) is 37.3. The van der Waals surface area contributed by atoms with E-state index < -0.39 is 144 Å². The van der Waals surface area contributed by atoms with Crippen molar-refractivity contribution < 1.29 is 63.0 Å². The van der Waals surface area contributed by atoms with Gasteiger partial charge in [0.25, 0.3) is 0 Å². The third-order valence-corrected chi connectivity index (χ3v) is 11.3. The third-order valence-electron chi connectivity index (χ3n) is 11.3. The summed E-state index contributed by atoms with van der Waals surface area (Å²) in [6.07, 6.45) is 0.679. The minimum Gasteiger partial charge on any atom is -0.481 e. The number of carbonyl (C=O) groups excluding carboxylic acids is 10. The van der Waals surface area contributed by atoms with E-state index in [1.807, 2.05) is 0 Å². The molecule has 0 aromatic rings. The van der Waals surface area contributed by atoms with Crippen LogP contribution < -0.4 is 49.1 Å². The zero-order chi connectivity index (χ0) is 48.6. The smallest absolute Gasteiger partial charge is 0.308 e. The van der Waals surface area contributed by atoms with Crippen LogP contribution in [0.3, 0.4) is 0 Å². The van der Waals surface area contributed by atoms with E-state index in [1.165, 1.54) is 23.6 Å². The molecule has 0 radical (unpaired) electrons. The van der Waals surface area contributed by atoms with Crippen molar-refractivity contribution in [3.63, 3.8) is 0 Å². The second-order valence-electron chi connectivity index (χ2n) is 16.8. The molecule has 2 aliphatic rings. The fourth-order valence-electron chi connectivity index (χ4n) is 7.19. The van der Waals surface area contributed by atoms with Gasteiger partial charge in [-0.1, -0.05) is 41.0 Å². The lowest BCUT2D eigenvalue weighted by Crippen LogP contribution is -2.62. The van der Waals surface area contributed by atoms with Crippen molar-refractivity contribution in [2.75, 3.05) is 26.2 Å². The molecule has 360 valence electrons. The number of carboxylic acids is 1. The number of nitrogens with two attached hydrogens (primary N) is 3. The SMILES string of the molecule is CC[C@H](C)[C@H](NC(=O)[C@H](CO)NC(=O)[C@@H](NC(=O)[C@@H]1CCCN1C(=O)[C@H](C)NC(=O)[C@@H](N)CC(N)=O)C(C)C)C(=O)N1CCC[C@H]1C(=O)N[C@@H](CCC(N)=O)C(=O)NCC(C)C(=O)O. The van der Waals surface area contributed by atoms with Gasteiger partial charge >= 0.3 is 5.97 Å². The van der Waals surface area contributed by atoms with Gasteiger partial charge in [-0.2, -0.15) is 0 Å². The molecular weight excluding hydrogens is 843 g/mol. The number of aliphatic carboxylic acids is 1. The summed E-state index contributed by atoms with van der Waals surface area (Å²) in [4.78, 5) is 144. The molecule has 24 nitrogen and oxygen atoms in total. The minimum absolute atomic E-state index is 0.104. The van der Waals surface area contributed by atoms with E-state index in [2.05, 4.69) is 31.9 Å². The predicted octanol–water partition coefficient (Wildman–Crippen LogP) is -4.59. The first-order valence-corrected chi connectivity index (χ1v) is 21.5. The highest BCUT2D eigenvalue weighted by Crippen LogP contribution is 2.23. The fourth-order valence-corrected chi connectivity index (χ4v) is 7.19. The van der Waals surface area contributed by atoms with Crippen LogP contribution in [0.25, 0.3) is 0 Å². The van der Waals surface area contributed by atoms with Crippen molar-refractivity contribution in [2.45, 2.75) is 141 Å². The van der Waals surface area contributed by atoms with Crippen molar-refractivity contribution in [2.24, 2.45) is 35.0 Å². The molecule has 10 amide bonds. The average Bonchev–Trinajstić information content (AvgIpc) is 3.94. The van der Waals surface area contributed by atoms with Crippen LogP contribution in [0.4, 0.5) is 0 Å². The van der Waals surface area contributed by atoms with Gasteiger partial charge in [-0.05, 0) is 50.9 Å². The molecule has 0 aliphatic carbocycles. The van der Waals surface area contributed by atoms with Gasteiger partial charge in [-0.25, -0.2) is 0 Å². The molecule has 1 unspecified atom stereocenters. The number of carboxylic acid groups (broad SMARTS) is 1. The van der Waals surface area contributed by atoms with Gasteiger partial charge in [-0.15, -0.1) is 0 Å². The predicted molar refractivity (Wildman–Crippen MR) is 226 cm³/mol. The highest BCUT2D eigenvalue weighted by molar-refractivity contribution is 5.98. The van der Waals surface area contributed by atoms with Crippen LogP contribution >= 0.6 is 0 Å². The van der Waals surface area contributed by atoms with Crippen molar-refractivity contribution >= 4 is 65.0 Å². The van der Waals surface area contributed by atoms with E-state index in [-0.39, 0.29) is 45.3 Å². The molecule has 2 saturated heterocycles. The number of primary amides is 2. The van der Waals surface area contributed by atoms with E-state index in [0.717, 1.165) is 0 Å². The number of hydrogen-bond acceptors (Lipinski definition) is 13. The quantitative estimate of drug-likeness (QED) is 0.0411. The van der Waals surface area contributed by atoms with E-state index in [4.69, 9.17) is 17.2 Å². The molecule has 10 atom stereocenters. The molecule has 2 heterocycles. The first kappa shape index (κ1) is 54.2. The summed E-state index contributed by atoms with van der Waals surface area (Å²) in [5.41, 5.74) is 16.0. The number of hydrogen-bond donors (Lipinski definition) is 11. The molecule has 14 N–H and O–H groups in total. The van der Waals surface area contributed by atoms with Crippen molar-refractivity contribution in [3.05, 3.63) is 0 Å². The number of nitrogens with one attached hydrogen (secondary N) is 6. The Morgan fingerprint density at radius 3 is 1.73 bits per heavy atom. The van der Waals surface area contributed by atoms with Crippen molar-refractivity contribution in [1.29, 1.82) is 0 Å². The van der Waals surface area contributed by atoms with Crippen LogP contribution in [0.5, 0.6) is 0 Å². The van der Waals surface area contributed by atoms with Crippen molar-refractivity contribution in [1.82, 2.24) is 41.7 Å². The van der Waals surface area contributed by atoms with E-state index in [0.29, 0.717) is 19.3 Å². The molecule has 64 heavy (non-hydrogen) atoms. The maximum atomic E-state index is 14.2. The lowest BCUT2D eigenvalue weighted by Gasteiger charge is -2.33.